The number of likely N-dealkylation sites (tertiary alicyclic amines) is 1. The Morgan fingerprint density at radius 1 is 1.27 bits per heavy atom. The van der Waals surface area contributed by atoms with Gasteiger partial charge >= 0.3 is 0 Å². The number of nitrogens with zero attached hydrogens (tertiary/aromatic N) is 2. The third-order valence-electron chi connectivity index (χ3n) is 5.80. The summed E-state index contributed by atoms with van der Waals surface area (Å²) >= 11 is 6.02. The number of fused-ring (bicyclic) bond motifs is 1. The van der Waals surface area contributed by atoms with Gasteiger partial charge in [-0.15, -0.1) is 0 Å². The molecule has 156 valence electrons. The third-order valence-corrected chi connectivity index (χ3v) is 6.04. The molecule has 1 fully saturated rings. The van der Waals surface area contributed by atoms with E-state index in [4.69, 9.17) is 11.6 Å². The largest absolute Gasteiger partial charge is 0.341 e. The maximum absolute atomic E-state index is 12.8. The van der Waals surface area contributed by atoms with Crippen LogP contribution in [0.15, 0.2) is 36.4 Å². The van der Waals surface area contributed by atoms with Crippen molar-refractivity contribution in [1.29, 1.82) is 0 Å². The molecule has 0 aliphatic carbocycles. The first-order chi connectivity index (χ1) is 14.3. The quantitative estimate of drug-likeness (QED) is 0.625. The molecule has 0 saturated carbocycles. The zero-order valence-electron chi connectivity index (χ0n) is 17.3. The van der Waals surface area contributed by atoms with Crippen molar-refractivity contribution < 1.29 is 9.59 Å². The fourth-order valence-corrected chi connectivity index (χ4v) is 4.12. The van der Waals surface area contributed by atoms with E-state index in [0.29, 0.717) is 22.1 Å². The minimum Gasteiger partial charge on any atom is -0.341 e. The van der Waals surface area contributed by atoms with Crippen LogP contribution < -0.4 is 5.32 Å². The topological polar surface area (TPSA) is 78.1 Å². The Labute approximate surface area is 180 Å². The summed E-state index contributed by atoms with van der Waals surface area (Å²) in [6, 6.07) is 11.1. The summed E-state index contributed by atoms with van der Waals surface area (Å²) in [6.45, 7) is 6.59. The number of hydrogen-bond donors (Lipinski definition) is 2. The molecule has 3 aromatic rings. The molecule has 1 aliphatic heterocycles. The van der Waals surface area contributed by atoms with Gasteiger partial charge in [0.25, 0.3) is 5.91 Å². The van der Waals surface area contributed by atoms with Crippen LogP contribution >= 0.6 is 11.6 Å². The van der Waals surface area contributed by atoms with Gasteiger partial charge in [-0.25, -0.2) is 4.98 Å². The summed E-state index contributed by atoms with van der Waals surface area (Å²) in [5.74, 6) is -0.00368. The van der Waals surface area contributed by atoms with E-state index in [0.717, 1.165) is 36.0 Å². The first-order valence-electron chi connectivity index (χ1n) is 10.2. The average molecular weight is 425 g/mol. The van der Waals surface area contributed by atoms with E-state index in [1.807, 2.05) is 24.0 Å². The van der Waals surface area contributed by atoms with Gasteiger partial charge in [0.05, 0.1) is 17.0 Å². The summed E-state index contributed by atoms with van der Waals surface area (Å²) in [7, 11) is 0. The number of halogens is 1. The lowest BCUT2D eigenvalue weighted by Crippen LogP contribution is -2.34. The molecular weight excluding hydrogens is 400 g/mol. The minimum absolute atomic E-state index is 0.0599. The first-order valence-corrected chi connectivity index (χ1v) is 10.6. The lowest BCUT2D eigenvalue weighted by molar-refractivity contribution is -0.117. The monoisotopic (exact) mass is 424 g/mol. The van der Waals surface area contributed by atoms with E-state index in [-0.39, 0.29) is 17.9 Å². The average Bonchev–Trinajstić information content (AvgIpc) is 3.32. The Morgan fingerprint density at radius 3 is 2.77 bits per heavy atom. The van der Waals surface area contributed by atoms with E-state index in [1.165, 1.54) is 0 Å². The molecule has 2 unspecified atom stereocenters. The van der Waals surface area contributed by atoms with Gasteiger partial charge in [-0.2, -0.15) is 0 Å². The number of carbonyl (C=O) groups excluding carboxylic acids is 2. The minimum atomic E-state index is -0.469. The van der Waals surface area contributed by atoms with E-state index < -0.39 is 5.92 Å². The maximum Gasteiger partial charge on any atom is 0.254 e. The van der Waals surface area contributed by atoms with Crippen LogP contribution in [0, 0.1) is 6.92 Å². The molecule has 4 rings (SSSR count). The molecule has 0 radical (unpaired) electrons. The van der Waals surface area contributed by atoms with Gasteiger partial charge in [-0.3, -0.25) is 9.59 Å². The van der Waals surface area contributed by atoms with Crippen LogP contribution in [-0.2, 0) is 4.79 Å². The normalized spacial score (nSPS) is 17.3. The third kappa shape index (κ3) is 3.92. The second-order valence-electron chi connectivity index (χ2n) is 8.01. The number of nitrogens with one attached hydrogen (secondary N) is 2. The molecule has 2 N–H and O–H groups in total. The Hall–Kier alpha value is -2.86. The van der Waals surface area contributed by atoms with Crippen LogP contribution in [0.3, 0.4) is 0 Å². The number of amides is 2. The lowest BCUT2D eigenvalue weighted by Gasteiger charge is -2.22. The number of rotatable bonds is 4. The first kappa shape index (κ1) is 20.4. The van der Waals surface area contributed by atoms with Crippen molar-refractivity contribution in [2.45, 2.75) is 45.6 Å². The van der Waals surface area contributed by atoms with Crippen molar-refractivity contribution in [2.75, 3.05) is 11.9 Å². The number of aryl methyl sites for hydroxylation is 1. The Morgan fingerprint density at radius 2 is 2.07 bits per heavy atom. The summed E-state index contributed by atoms with van der Waals surface area (Å²) in [6.07, 6.45) is 2.09. The van der Waals surface area contributed by atoms with Gasteiger partial charge in [0.15, 0.2) is 0 Å². The van der Waals surface area contributed by atoms with Gasteiger partial charge in [-0.05, 0) is 75.6 Å². The van der Waals surface area contributed by atoms with Gasteiger partial charge in [-0.1, -0.05) is 11.6 Å². The fraction of sp³-hybridized carbons (Fsp3) is 0.348. The molecule has 2 atom stereocenters. The Kier molecular flexibility index (Phi) is 5.52. The number of hydrogen-bond acceptors (Lipinski definition) is 3. The molecule has 1 aromatic heterocycles. The number of imidazole rings is 1. The molecule has 7 heteroatoms. The Bertz CT molecular complexity index is 1120. The second-order valence-corrected chi connectivity index (χ2v) is 8.45. The molecule has 2 amide bonds. The molecule has 0 bridgehead atoms. The predicted molar refractivity (Wildman–Crippen MR) is 119 cm³/mol. The number of H-pyrrole nitrogens is 1. The molecule has 30 heavy (non-hydrogen) atoms. The lowest BCUT2D eigenvalue weighted by atomic mass is 10.1. The van der Waals surface area contributed by atoms with E-state index in [9.17, 15) is 9.59 Å². The van der Waals surface area contributed by atoms with Crippen LogP contribution in [0.5, 0.6) is 0 Å². The predicted octanol–water partition coefficient (Wildman–Crippen LogP) is 4.89. The summed E-state index contributed by atoms with van der Waals surface area (Å²) < 4.78 is 0. The van der Waals surface area contributed by atoms with Crippen molar-refractivity contribution in [1.82, 2.24) is 14.9 Å². The smallest absolute Gasteiger partial charge is 0.254 e. The van der Waals surface area contributed by atoms with Crippen molar-refractivity contribution in [3.8, 4) is 0 Å². The zero-order valence-corrected chi connectivity index (χ0v) is 18.1. The van der Waals surface area contributed by atoms with E-state index in [1.54, 1.807) is 31.2 Å². The van der Waals surface area contributed by atoms with Crippen molar-refractivity contribution in [3.63, 3.8) is 0 Å². The van der Waals surface area contributed by atoms with Crippen LogP contribution in [0.4, 0.5) is 5.69 Å². The molecular formula is C23H25ClN4O2. The number of anilines is 1. The highest BCUT2D eigenvalue weighted by atomic mass is 35.5. The fourth-order valence-electron chi connectivity index (χ4n) is 3.95. The maximum atomic E-state index is 12.8. The van der Waals surface area contributed by atoms with Gasteiger partial charge in [0.1, 0.15) is 5.82 Å². The number of aromatic amines is 1. The standard InChI is InChI=1S/C23H25ClN4O2/c1-13-11-17(7-8-18(13)23(30)28-10-4-5-14(28)2)25-22(29)15(3)21-26-19-9-6-16(24)12-20(19)27-21/h6-9,11-12,14-15H,4-5,10H2,1-3H3,(H,25,29)(H,26,27). The van der Waals surface area contributed by atoms with Crippen molar-refractivity contribution in [2.24, 2.45) is 0 Å². The summed E-state index contributed by atoms with van der Waals surface area (Å²) in [5.41, 5.74) is 3.76. The summed E-state index contributed by atoms with van der Waals surface area (Å²) in [5, 5.41) is 3.55. The molecule has 0 spiro atoms. The highest BCUT2D eigenvalue weighted by Gasteiger charge is 2.27. The van der Waals surface area contributed by atoms with Crippen LogP contribution in [0.1, 0.15) is 54.4 Å². The molecule has 1 saturated heterocycles. The summed E-state index contributed by atoms with van der Waals surface area (Å²) in [4.78, 5) is 35.2. The van der Waals surface area contributed by atoms with Gasteiger partial charge in [0.2, 0.25) is 5.91 Å². The van der Waals surface area contributed by atoms with Crippen molar-refractivity contribution >= 4 is 40.1 Å². The number of benzene rings is 2. The van der Waals surface area contributed by atoms with Crippen LogP contribution in [0.25, 0.3) is 11.0 Å². The van der Waals surface area contributed by atoms with Crippen LogP contribution in [0.2, 0.25) is 5.02 Å². The van der Waals surface area contributed by atoms with Crippen LogP contribution in [-0.4, -0.2) is 39.3 Å². The SMILES string of the molecule is Cc1cc(NC(=O)C(C)c2nc3ccc(Cl)cc3[nH]2)ccc1C(=O)N1CCCC1C. The molecule has 2 heterocycles. The molecule has 1 aliphatic rings. The number of aromatic nitrogens is 2. The highest BCUT2D eigenvalue weighted by molar-refractivity contribution is 6.31. The number of carbonyl (C=O) groups is 2. The van der Waals surface area contributed by atoms with E-state index >= 15 is 0 Å². The van der Waals surface area contributed by atoms with Crippen molar-refractivity contribution in [3.05, 3.63) is 58.4 Å². The van der Waals surface area contributed by atoms with Gasteiger partial charge < -0.3 is 15.2 Å². The second kappa shape index (κ2) is 8.11. The zero-order chi connectivity index (χ0) is 21.4. The highest BCUT2D eigenvalue weighted by Crippen LogP contribution is 2.25. The molecule has 2 aromatic carbocycles. The van der Waals surface area contributed by atoms with E-state index in [2.05, 4.69) is 22.2 Å². The molecule has 6 nitrogen and oxygen atoms in total. The van der Waals surface area contributed by atoms with Gasteiger partial charge in [0, 0.05) is 28.9 Å². The Balaban J connectivity index is 1.48.